The van der Waals surface area contributed by atoms with Gasteiger partial charge in [-0.25, -0.2) is 9.67 Å². The fourth-order valence-electron chi connectivity index (χ4n) is 2.21. The van der Waals surface area contributed by atoms with E-state index >= 15 is 0 Å². The van der Waals surface area contributed by atoms with Crippen LogP contribution in [0.1, 0.15) is 24.7 Å². The lowest BCUT2D eigenvalue weighted by Gasteiger charge is -2.17. The smallest absolute Gasteiger partial charge is 0.146 e. The first-order valence-electron chi connectivity index (χ1n) is 7.00. The molecular weight excluding hydrogens is 250 g/mol. The summed E-state index contributed by atoms with van der Waals surface area (Å²) >= 11 is 0. The summed E-state index contributed by atoms with van der Waals surface area (Å²) in [7, 11) is 4.12. The van der Waals surface area contributed by atoms with Gasteiger partial charge in [-0.2, -0.15) is 5.10 Å². The lowest BCUT2D eigenvalue weighted by atomic mass is 10.1. The Bertz CT molecular complexity index is 559. The number of rotatable bonds is 6. The van der Waals surface area contributed by atoms with Gasteiger partial charge in [-0.15, -0.1) is 0 Å². The van der Waals surface area contributed by atoms with Crippen molar-refractivity contribution in [2.24, 2.45) is 0 Å². The molecule has 1 aromatic heterocycles. The van der Waals surface area contributed by atoms with E-state index in [9.17, 15) is 0 Å². The van der Waals surface area contributed by atoms with Crippen LogP contribution in [0.4, 0.5) is 11.4 Å². The number of benzene rings is 1. The van der Waals surface area contributed by atoms with Gasteiger partial charge in [0.15, 0.2) is 0 Å². The van der Waals surface area contributed by atoms with E-state index in [1.807, 2.05) is 4.68 Å². The maximum Gasteiger partial charge on any atom is 0.146 e. The molecule has 0 saturated heterocycles. The highest BCUT2D eigenvalue weighted by molar-refractivity contribution is 5.61. The lowest BCUT2D eigenvalue weighted by Crippen LogP contribution is -2.12. The molecule has 0 amide bonds. The third-order valence-corrected chi connectivity index (χ3v) is 3.27. The summed E-state index contributed by atoms with van der Waals surface area (Å²) in [4.78, 5) is 6.43. The monoisotopic (exact) mass is 273 g/mol. The van der Waals surface area contributed by atoms with Crippen molar-refractivity contribution in [1.82, 2.24) is 14.8 Å². The standard InChI is InChI=1S/C15H23N5/c1-5-8-20-15(17-11-18-20)10-16-13-7-6-12(2)14(9-13)19(3)4/h6-7,9,11,16H,5,8,10H2,1-4H3. The van der Waals surface area contributed by atoms with Crippen LogP contribution in [-0.2, 0) is 13.1 Å². The number of hydrogen-bond donors (Lipinski definition) is 1. The predicted molar refractivity (Wildman–Crippen MR) is 83.1 cm³/mol. The van der Waals surface area contributed by atoms with Crippen LogP contribution in [0, 0.1) is 6.92 Å². The van der Waals surface area contributed by atoms with Gasteiger partial charge in [-0.3, -0.25) is 0 Å². The zero-order chi connectivity index (χ0) is 14.5. The highest BCUT2D eigenvalue weighted by Crippen LogP contribution is 2.22. The van der Waals surface area contributed by atoms with Gasteiger partial charge in [0, 0.05) is 32.0 Å². The van der Waals surface area contributed by atoms with Crippen molar-refractivity contribution in [3.63, 3.8) is 0 Å². The van der Waals surface area contributed by atoms with Crippen molar-refractivity contribution in [1.29, 1.82) is 0 Å². The number of nitrogens with zero attached hydrogens (tertiary/aromatic N) is 4. The number of aryl methyl sites for hydroxylation is 2. The van der Waals surface area contributed by atoms with Crippen LogP contribution in [0.15, 0.2) is 24.5 Å². The normalized spacial score (nSPS) is 10.6. The summed E-state index contributed by atoms with van der Waals surface area (Å²) < 4.78 is 1.95. The van der Waals surface area contributed by atoms with Gasteiger partial charge in [-0.1, -0.05) is 13.0 Å². The van der Waals surface area contributed by atoms with E-state index in [0.29, 0.717) is 6.54 Å². The van der Waals surface area contributed by atoms with E-state index in [4.69, 9.17) is 0 Å². The molecule has 2 rings (SSSR count). The first-order valence-corrected chi connectivity index (χ1v) is 7.00. The van der Waals surface area contributed by atoms with E-state index < -0.39 is 0 Å². The molecule has 1 heterocycles. The van der Waals surface area contributed by atoms with Crippen molar-refractivity contribution >= 4 is 11.4 Å². The molecule has 0 aliphatic rings. The van der Waals surface area contributed by atoms with Crippen LogP contribution in [0.25, 0.3) is 0 Å². The first kappa shape index (κ1) is 14.4. The SMILES string of the molecule is CCCn1ncnc1CNc1ccc(C)c(N(C)C)c1. The average molecular weight is 273 g/mol. The van der Waals surface area contributed by atoms with Crippen molar-refractivity contribution in [3.05, 3.63) is 35.9 Å². The second-order valence-electron chi connectivity index (χ2n) is 5.15. The van der Waals surface area contributed by atoms with Gasteiger partial charge in [0.25, 0.3) is 0 Å². The molecule has 5 heteroatoms. The third-order valence-electron chi connectivity index (χ3n) is 3.27. The number of aromatic nitrogens is 3. The molecule has 0 aliphatic carbocycles. The van der Waals surface area contributed by atoms with Crippen LogP contribution >= 0.6 is 0 Å². The van der Waals surface area contributed by atoms with Crippen molar-refractivity contribution in [3.8, 4) is 0 Å². The molecule has 1 aromatic carbocycles. The molecule has 0 fully saturated rings. The minimum Gasteiger partial charge on any atom is -0.378 e. The predicted octanol–water partition coefficient (Wildman–Crippen LogP) is 2.67. The molecule has 1 N–H and O–H groups in total. The quantitative estimate of drug-likeness (QED) is 0.879. The van der Waals surface area contributed by atoms with Crippen LogP contribution in [0.2, 0.25) is 0 Å². The Balaban J connectivity index is 2.07. The van der Waals surface area contributed by atoms with E-state index in [2.05, 4.69) is 66.4 Å². The average Bonchev–Trinajstić information content (AvgIpc) is 2.85. The van der Waals surface area contributed by atoms with Gasteiger partial charge in [0.1, 0.15) is 12.2 Å². The highest BCUT2D eigenvalue weighted by Gasteiger charge is 2.05. The van der Waals surface area contributed by atoms with Gasteiger partial charge >= 0.3 is 0 Å². The van der Waals surface area contributed by atoms with Crippen LogP contribution in [0.5, 0.6) is 0 Å². The van der Waals surface area contributed by atoms with Crippen LogP contribution in [0.3, 0.4) is 0 Å². The summed E-state index contributed by atoms with van der Waals surface area (Å²) in [5.74, 6) is 0.971. The molecular formula is C15H23N5. The summed E-state index contributed by atoms with van der Waals surface area (Å²) in [6.07, 6.45) is 2.68. The second-order valence-corrected chi connectivity index (χ2v) is 5.15. The number of anilines is 2. The van der Waals surface area contributed by atoms with Crippen LogP contribution in [-0.4, -0.2) is 28.9 Å². The Hall–Kier alpha value is -2.04. The van der Waals surface area contributed by atoms with Gasteiger partial charge in [0.2, 0.25) is 0 Å². The Morgan fingerprint density at radius 1 is 1.30 bits per heavy atom. The Morgan fingerprint density at radius 3 is 2.80 bits per heavy atom. The Labute approximate surface area is 120 Å². The van der Waals surface area contributed by atoms with E-state index in [1.54, 1.807) is 6.33 Å². The molecule has 0 unspecified atom stereocenters. The Kier molecular flexibility index (Phi) is 4.61. The largest absolute Gasteiger partial charge is 0.378 e. The summed E-state index contributed by atoms with van der Waals surface area (Å²) in [5.41, 5.74) is 3.60. The summed E-state index contributed by atoms with van der Waals surface area (Å²) in [6.45, 7) is 5.86. The van der Waals surface area contributed by atoms with E-state index in [1.165, 1.54) is 11.3 Å². The highest BCUT2D eigenvalue weighted by atomic mass is 15.3. The molecule has 0 atom stereocenters. The molecule has 2 aromatic rings. The molecule has 0 saturated carbocycles. The zero-order valence-corrected chi connectivity index (χ0v) is 12.7. The van der Waals surface area contributed by atoms with Gasteiger partial charge < -0.3 is 10.2 Å². The molecule has 0 bridgehead atoms. The topological polar surface area (TPSA) is 46.0 Å². The molecule has 0 radical (unpaired) electrons. The lowest BCUT2D eigenvalue weighted by molar-refractivity contribution is 0.574. The fraction of sp³-hybridized carbons (Fsp3) is 0.467. The maximum absolute atomic E-state index is 4.30. The third kappa shape index (κ3) is 3.29. The minimum atomic E-state index is 0.690. The molecule has 0 aliphatic heterocycles. The van der Waals surface area contributed by atoms with E-state index in [0.717, 1.165) is 24.5 Å². The zero-order valence-electron chi connectivity index (χ0n) is 12.7. The molecule has 108 valence electrons. The van der Waals surface area contributed by atoms with Gasteiger partial charge in [0.05, 0.1) is 6.54 Å². The summed E-state index contributed by atoms with van der Waals surface area (Å²) in [6, 6.07) is 6.40. The fourth-order valence-corrected chi connectivity index (χ4v) is 2.21. The Morgan fingerprint density at radius 2 is 2.10 bits per heavy atom. The molecule has 5 nitrogen and oxygen atoms in total. The molecule has 0 spiro atoms. The minimum absolute atomic E-state index is 0.690. The van der Waals surface area contributed by atoms with Crippen molar-refractivity contribution in [2.45, 2.75) is 33.4 Å². The van der Waals surface area contributed by atoms with Crippen molar-refractivity contribution < 1.29 is 0 Å². The van der Waals surface area contributed by atoms with E-state index in [-0.39, 0.29) is 0 Å². The molecule has 20 heavy (non-hydrogen) atoms. The maximum atomic E-state index is 4.30. The van der Waals surface area contributed by atoms with Crippen molar-refractivity contribution in [2.75, 3.05) is 24.3 Å². The first-order chi connectivity index (χ1) is 9.61. The van der Waals surface area contributed by atoms with Gasteiger partial charge in [-0.05, 0) is 31.0 Å². The van der Waals surface area contributed by atoms with Crippen LogP contribution < -0.4 is 10.2 Å². The summed E-state index contributed by atoms with van der Waals surface area (Å²) in [5, 5.41) is 7.65. The second kappa shape index (κ2) is 6.41. The number of hydrogen-bond acceptors (Lipinski definition) is 4. The number of nitrogens with one attached hydrogen (secondary N) is 1.